The van der Waals surface area contributed by atoms with Crippen LogP contribution < -0.4 is 24.6 Å². The largest absolute Gasteiger partial charge is 0.495 e. The van der Waals surface area contributed by atoms with Crippen LogP contribution in [0.1, 0.15) is 96.8 Å². The van der Waals surface area contributed by atoms with Gasteiger partial charge in [0.1, 0.15) is 24.7 Å². The molecule has 0 unspecified atom stereocenters. The Labute approximate surface area is 392 Å². The van der Waals surface area contributed by atoms with E-state index in [1.54, 1.807) is 0 Å². The Morgan fingerprint density at radius 1 is 0.727 bits per heavy atom. The predicted molar refractivity (Wildman–Crippen MR) is 266 cm³/mol. The number of hydrogen-bond acceptors (Lipinski definition) is 9. The predicted octanol–water partition coefficient (Wildman–Crippen LogP) is 10.7. The standard InChI is InChI=1S/C55H68BN5O5/c1-39-46(56-65-54(4,5)55(6,7)66-56)22-16-24-48(39)64-43-27-25-40(26-28-43)31-32-53(2,3)61-35-33-60(34-36-61)47-23-15-21-44-50(58-59(8)51(44)47)45-29-30-49(62-37-41-17-11-9-12-18-41)57-52(45)63-38-42-19-13-10-14-20-42/h9-24,29-30,40,43H,25-28,31-38H2,1-8H3/t40-,43-. The van der Waals surface area contributed by atoms with Crippen molar-refractivity contribution in [2.75, 3.05) is 31.1 Å². The van der Waals surface area contributed by atoms with Gasteiger partial charge in [-0.15, -0.1) is 0 Å². The number of hydrogen-bond donors (Lipinski definition) is 0. The van der Waals surface area contributed by atoms with Gasteiger partial charge in [0.15, 0.2) is 0 Å². The summed E-state index contributed by atoms with van der Waals surface area (Å²) in [5.41, 5.74) is 7.72. The van der Waals surface area contributed by atoms with E-state index in [4.69, 9.17) is 33.6 Å². The first-order chi connectivity index (χ1) is 31.7. The molecule has 0 N–H and O–H groups in total. The molecule has 4 heterocycles. The molecule has 0 bridgehead atoms. The van der Waals surface area contributed by atoms with Crippen molar-refractivity contribution in [2.24, 2.45) is 13.0 Å². The van der Waals surface area contributed by atoms with E-state index in [0.29, 0.717) is 25.0 Å². The number of para-hydroxylation sites is 1. The molecule has 0 radical (unpaired) electrons. The summed E-state index contributed by atoms with van der Waals surface area (Å²) in [6, 6.07) is 37.2. The smallest absolute Gasteiger partial charge is 0.490 e. The van der Waals surface area contributed by atoms with Gasteiger partial charge in [-0.05, 0) is 133 Å². The van der Waals surface area contributed by atoms with Crippen molar-refractivity contribution >= 4 is 29.2 Å². The van der Waals surface area contributed by atoms with E-state index in [1.165, 1.54) is 31.4 Å². The minimum Gasteiger partial charge on any atom is -0.490 e. The second-order valence-corrected chi connectivity index (χ2v) is 20.3. The van der Waals surface area contributed by atoms with E-state index in [2.05, 4.69) is 119 Å². The molecule has 4 aromatic carbocycles. The van der Waals surface area contributed by atoms with Gasteiger partial charge in [0.25, 0.3) is 0 Å². The Morgan fingerprint density at radius 3 is 2.03 bits per heavy atom. The Hall–Kier alpha value is -5.36. The molecule has 66 heavy (non-hydrogen) atoms. The van der Waals surface area contributed by atoms with Crippen LogP contribution >= 0.6 is 0 Å². The number of anilines is 1. The average molecular weight is 890 g/mol. The molecule has 1 aliphatic carbocycles. The summed E-state index contributed by atoms with van der Waals surface area (Å²) in [5, 5.41) is 6.21. The van der Waals surface area contributed by atoms with Gasteiger partial charge in [-0.3, -0.25) is 9.58 Å². The van der Waals surface area contributed by atoms with E-state index in [-0.39, 0.29) is 30.0 Å². The molecule has 2 saturated heterocycles. The van der Waals surface area contributed by atoms with Crippen molar-refractivity contribution in [3.05, 3.63) is 126 Å². The number of ether oxygens (including phenoxy) is 3. The van der Waals surface area contributed by atoms with Gasteiger partial charge < -0.3 is 28.4 Å². The Kier molecular flexibility index (Phi) is 13.2. The molecule has 10 nitrogen and oxygen atoms in total. The quantitative estimate of drug-likeness (QED) is 0.0936. The molecule has 9 rings (SSSR count). The van der Waals surface area contributed by atoms with Crippen LogP contribution in [0, 0.1) is 12.8 Å². The number of piperazine rings is 1. The molecule has 0 atom stereocenters. The Bertz CT molecular complexity index is 2570. The van der Waals surface area contributed by atoms with E-state index in [1.807, 2.05) is 60.3 Å². The minimum absolute atomic E-state index is 0.121. The molecule has 2 aromatic heterocycles. The van der Waals surface area contributed by atoms with Crippen molar-refractivity contribution in [2.45, 2.75) is 123 Å². The summed E-state index contributed by atoms with van der Waals surface area (Å²) in [6.07, 6.45) is 7.30. The second kappa shape index (κ2) is 19.1. The molecule has 2 aliphatic heterocycles. The number of aromatic nitrogens is 3. The van der Waals surface area contributed by atoms with Gasteiger partial charge in [0.2, 0.25) is 11.8 Å². The van der Waals surface area contributed by atoms with Crippen molar-refractivity contribution in [1.82, 2.24) is 19.7 Å². The van der Waals surface area contributed by atoms with E-state index in [0.717, 1.165) is 95.0 Å². The van der Waals surface area contributed by atoms with Crippen LogP contribution in [-0.2, 0) is 29.6 Å². The molecule has 346 valence electrons. The van der Waals surface area contributed by atoms with Crippen LogP contribution in [0.4, 0.5) is 5.69 Å². The van der Waals surface area contributed by atoms with Crippen LogP contribution in [0.25, 0.3) is 22.2 Å². The highest BCUT2D eigenvalue weighted by Crippen LogP contribution is 2.41. The molecule has 0 spiro atoms. The lowest BCUT2D eigenvalue weighted by Crippen LogP contribution is -2.54. The van der Waals surface area contributed by atoms with Gasteiger partial charge in [0.05, 0.1) is 34.1 Å². The second-order valence-electron chi connectivity index (χ2n) is 20.3. The Balaban J connectivity index is 0.810. The maximum absolute atomic E-state index is 6.70. The number of fused-ring (bicyclic) bond motifs is 1. The SMILES string of the molecule is Cc1c(O[C@H]2CC[C@H](CCC(C)(C)N3CCN(c4cccc5c(-c6ccc(OCc7ccccc7)nc6OCc6ccccc6)nn(C)c45)CC3)CC2)cccc1B1OC(C)(C)C(C)(C)O1. The van der Waals surface area contributed by atoms with Crippen molar-refractivity contribution in [3.8, 4) is 28.8 Å². The van der Waals surface area contributed by atoms with Gasteiger partial charge >= 0.3 is 7.12 Å². The van der Waals surface area contributed by atoms with Gasteiger partial charge in [-0.1, -0.05) is 84.9 Å². The maximum Gasteiger partial charge on any atom is 0.495 e. The zero-order chi connectivity index (χ0) is 46.1. The van der Waals surface area contributed by atoms with Gasteiger partial charge in [0, 0.05) is 50.2 Å². The van der Waals surface area contributed by atoms with Crippen LogP contribution in [0.3, 0.4) is 0 Å². The highest BCUT2D eigenvalue weighted by Gasteiger charge is 2.52. The minimum atomic E-state index is -0.385. The first kappa shape index (κ1) is 45.8. The molecular formula is C55H68BN5O5. The normalized spacial score (nSPS) is 19.9. The number of aryl methyl sites for hydroxylation is 1. The Morgan fingerprint density at radius 2 is 1.36 bits per heavy atom. The lowest BCUT2D eigenvalue weighted by Gasteiger charge is -2.45. The van der Waals surface area contributed by atoms with E-state index >= 15 is 0 Å². The molecule has 0 amide bonds. The lowest BCUT2D eigenvalue weighted by molar-refractivity contribution is 0.00578. The molecule has 3 fully saturated rings. The number of benzene rings is 4. The number of nitrogens with zero attached hydrogens (tertiary/aromatic N) is 5. The third kappa shape index (κ3) is 9.85. The maximum atomic E-state index is 6.70. The van der Waals surface area contributed by atoms with Crippen LogP contribution in [0.5, 0.6) is 17.5 Å². The lowest BCUT2D eigenvalue weighted by atomic mass is 9.76. The average Bonchev–Trinajstić information content (AvgIpc) is 3.78. The van der Waals surface area contributed by atoms with Crippen LogP contribution in [-0.4, -0.2) is 75.8 Å². The highest BCUT2D eigenvalue weighted by molar-refractivity contribution is 6.62. The summed E-state index contributed by atoms with van der Waals surface area (Å²) in [4.78, 5) is 10.2. The summed E-state index contributed by atoms with van der Waals surface area (Å²) < 4.78 is 34.1. The fourth-order valence-electron chi connectivity index (χ4n) is 9.99. The molecule has 1 saturated carbocycles. The zero-order valence-corrected chi connectivity index (χ0v) is 40.4. The highest BCUT2D eigenvalue weighted by atomic mass is 16.7. The van der Waals surface area contributed by atoms with Crippen molar-refractivity contribution in [3.63, 3.8) is 0 Å². The number of pyridine rings is 1. The molecular weight excluding hydrogens is 821 g/mol. The molecule has 11 heteroatoms. The van der Waals surface area contributed by atoms with Crippen LogP contribution in [0.15, 0.2) is 109 Å². The first-order valence-corrected chi connectivity index (χ1v) is 24.2. The van der Waals surface area contributed by atoms with Gasteiger partial charge in [-0.2, -0.15) is 10.1 Å². The summed E-state index contributed by atoms with van der Waals surface area (Å²) in [7, 11) is 1.66. The summed E-state index contributed by atoms with van der Waals surface area (Å²) >= 11 is 0. The topological polar surface area (TPSA) is 83.3 Å². The fourth-order valence-corrected chi connectivity index (χ4v) is 9.99. The fraction of sp³-hybridized carbons (Fsp3) is 0.455. The number of rotatable bonds is 15. The monoisotopic (exact) mass is 890 g/mol. The first-order valence-electron chi connectivity index (χ1n) is 24.2. The zero-order valence-electron chi connectivity index (χ0n) is 40.4. The van der Waals surface area contributed by atoms with E-state index in [9.17, 15) is 0 Å². The van der Waals surface area contributed by atoms with Crippen LogP contribution in [0.2, 0.25) is 0 Å². The summed E-state index contributed by atoms with van der Waals surface area (Å²) in [6.45, 7) is 20.2. The molecule has 6 aromatic rings. The van der Waals surface area contributed by atoms with Crippen molar-refractivity contribution < 1.29 is 23.5 Å². The van der Waals surface area contributed by atoms with E-state index < -0.39 is 0 Å². The van der Waals surface area contributed by atoms with Gasteiger partial charge in [-0.25, -0.2) is 0 Å². The summed E-state index contributed by atoms with van der Waals surface area (Å²) in [5.74, 6) is 2.70. The van der Waals surface area contributed by atoms with Crippen molar-refractivity contribution in [1.29, 1.82) is 0 Å². The molecule has 3 aliphatic rings. The third-order valence-electron chi connectivity index (χ3n) is 14.9. The third-order valence-corrected chi connectivity index (χ3v) is 14.9.